The van der Waals surface area contributed by atoms with Crippen LogP contribution in [0.1, 0.15) is 44.1 Å². The van der Waals surface area contributed by atoms with E-state index in [4.69, 9.17) is 9.26 Å². The molecule has 3 aromatic rings. The fraction of sp³-hybridized carbons (Fsp3) is 0.316. The van der Waals surface area contributed by atoms with Crippen LogP contribution >= 0.6 is 0 Å². The molecule has 2 aromatic heterocycles. The second kappa shape index (κ2) is 8.33. The zero-order valence-corrected chi connectivity index (χ0v) is 14.8. The molecule has 0 N–H and O–H groups in total. The van der Waals surface area contributed by atoms with Crippen molar-refractivity contribution in [3.8, 4) is 17.4 Å². The van der Waals surface area contributed by atoms with Crippen LogP contribution in [0, 0.1) is 0 Å². The second-order valence-electron chi connectivity index (χ2n) is 5.91. The number of carbonyl (C=O) groups excluding carboxylic acids is 1. The van der Waals surface area contributed by atoms with Gasteiger partial charge in [-0.3, -0.25) is 4.79 Å². The normalized spacial score (nSPS) is 11.9. The highest BCUT2D eigenvalue weighted by Gasteiger charge is 2.15. The van der Waals surface area contributed by atoms with Gasteiger partial charge in [-0.05, 0) is 30.0 Å². The van der Waals surface area contributed by atoms with E-state index >= 15 is 0 Å². The van der Waals surface area contributed by atoms with Gasteiger partial charge in [0, 0.05) is 18.8 Å². The predicted octanol–water partition coefficient (Wildman–Crippen LogP) is 3.58. The van der Waals surface area contributed by atoms with Crippen molar-refractivity contribution in [1.82, 2.24) is 20.1 Å². The molecule has 2 heterocycles. The van der Waals surface area contributed by atoms with Crippen molar-refractivity contribution in [2.75, 3.05) is 0 Å². The number of rotatable bonds is 7. The van der Waals surface area contributed by atoms with E-state index in [1.165, 1.54) is 0 Å². The van der Waals surface area contributed by atoms with Crippen LogP contribution in [0.5, 0.6) is 5.75 Å². The first-order valence-electron chi connectivity index (χ1n) is 8.57. The summed E-state index contributed by atoms with van der Waals surface area (Å²) in [4.78, 5) is 24.5. The molecule has 3 rings (SSSR count). The van der Waals surface area contributed by atoms with Crippen LogP contribution in [-0.4, -0.2) is 26.1 Å². The van der Waals surface area contributed by atoms with Gasteiger partial charge in [0.15, 0.2) is 0 Å². The van der Waals surface area contributed by atoms with Gasteiger partial charge >= 0.3 is 5.97 Å². The Balaban J connectivity index is 1.59. The van der Waals surface area contributed by atoms with Crippen molar-refractivity contribution in [2.45, 2.75) is 39.0 Å². The fourth-order valence-electron chi connectivity index (χ4n) is 2.44. The minimum Gasteiger partial charge on any atom is -0.426 e. The third-order valence-electron chi connectivity index (χ3n) is 4.06. The van der Waals surface area contributed by atoms with Gasteiger partial charge in [0.25, 0.3) is 0 Å². The van der Waals surface area contributed by atoms with Crippen molar-refractivity contribution in [3.05, 3.63) is 54.2 Å². The smallest absolute Gasteiger partial charge is 0.311 e. The molecule has 0 spiro atoms. The number of aromatic nitrogens is 4. The Bertz CT molecular complexity index is 864. The van der Waals surface area contributed by atoms with Crippen LogP contribution in [0.25, 0.3) is 11.6 Å². The summed E-state index contributed by atoms with van der Waals surface area (Å²) in [6.07, 6.45) is 4.62. The summed E-state index contributed by atoms with van der Waals surface area (Å²) in [5.41, 5.74) is 1.03. The van der Waals surface area contributed by atoms with Gasteiger partial charge in [-0.15, -0.1) is 0 Å². The highest BCUT2D eigenvalue weighted by atomic mass is 16.5. The lowest BCUT2D eigenvalue weighted by atomic mass is 9.98. The Hall–Kier alpha value is -3.09. The number of benzene rings is 1. The zero-order valence-electron chi connectivity index (χ0n) is 14.8. The Kier molecular flexibility index (Phi) is 5.68. The maximum Gasteiger partial charge on any atom is 0.311 e. The molecule has 26 heavy (non-hydrogen) atoms. The maximum atomic E-state index is 12.2. The summed E-state index contributed by atoms with van der Waals surface area (Å²) >= 11 is 0. The summed E-state index contributed by atoms with van der Waals surface area (Å²) in [5, 5.41) is 3.83. The van der Waals surface area contributed by atoms with Crippen LogP contribution in [0.15, 0.2) is 47.2 Å². The minimum atomic E-state index is -0.337. The number of hydrogen-bond donors (Lipinski definition) is 0. The van der Waals surface area contributed by atoms with E-state index in [0.29, 0.717) is 35.6 Å². The Morgan fingerprint density at radius 2 is 1.92 bits per heavy atom. The molecule has 1 atom stereocenters. The lowest BCUT2D eigenvalue weighted by Crippen LogP contribution is -2.11. The molecule has 0 saturated heterocycles. The summed E-state index contributed by atoms with van der Waals surface area (Å²) in [7, 11) is 0. The molecule has 0 bridgehead atoms. The third kappa shape index (κ3) is 4.30. The summed E-state index contributed by atoms with van der Waals surface area (Å²) in [5.74, 6) is 1.62. The van der Waals surface area contributed by atoms with Crippen LogP contribution in [0.4, 0.5) is 0 Å². The number of ether oxygens (including phenoxy) is 1. The van der Waals surface area contributed by atoms with Gasteiger partial charge in [-0.1, -0.05) is 37.2 Å². The zero-order chi connectivity index (χ0) is 18.4. The van der Waals surface area contributed by atoms with Crippen molar-refractivity contribution in [2.24, 2.45) is 0 Å². The number of hydrogen-bond acceptors (Lipinski definition) is 7. The Morgan fingerprint density at radius 1 is 1.15 bits per heavy atom. The monoisotopic (exact) mass is 352 g/mol. The number of esters is 1. The standard InChI is InChI=1S/C19H20N4O3/c1-3-13(2)14-7-4-5-8-15(14)25-17(24)10-9-16-22-19(23-26-16)18-20-11-6-12-21-18/h4-8,11-13H,3,9-10H2,1-2H3/t13-/m1/s1. The van der Waals surface area contributed by atoms with Crippen molar-refractivity contribution in [3.63, 3.8) is 0 Å². The van der Waals surface area contributed by atoms with Gasteiger partial charge in [-0.2, -0.15) is 4.98 Å². The maximum absolute atomic E-state index is 12.2. The molecule has 1 aromatic carbocycles. The molecule has 0 radical (unpaired) electrons. The first-order chi connectivity index (χ1) is 12.7. The lowest BCUT2D eigenvalue weighted by molar-refractivity contribution is -0.134. The number of nitrogens with zero attached hydrogens (tertiary/aromatic N) is 4. The van der Waals surface area contributed by atoms with E-state index < -0.39 is 0 Å². The van der Waals surface area contributed by atoms with Crippen LogP contribution < -0.4 is 4.74 Å². The van der Waals surface area contributed by atoms with E-state index in [0.717, 1.165) is 12.0 Å². The molecular weight excluding hydrogens is 332 g/mol. The van der Waals surface area contributed by atoms with E-state index in [1.54, 1.807) is 18.5 Å². The van der Waals surface area contributed by atoms with Gasteiger partial charge in [0.2, 0.25) is 17.5 Å². The number of aryl methyl sites for hydroxylation is 1. The molecule has 0 aliphatic rings. The first kappa shape index (κ1) is 17.7. The van der Waals surface area contributed by atoms with E-state index in [-0.39, 0.29) is 12.4 Å². The van der Waals surface area contributed by atoms with E-state index in [1.807, 2.05) is 24.3 Å². The second-order valence-corrected chi connectivity index (χ2v) is 5.91. The molecule has 0 aliphatic heterocycles. The SMILES string of the molecule is CC[C@@H](C)c1ccccc1OC(=O)CCc1nc(-c2ncccn2)no1. The summed E-state index contributed by atoms with van der Waals surface area (Å²) < 4.78 is 10.7. The quantitative estimate of drug-likeness (QED) is 0.474. The highest BCUT2D eigenvalue weighted by Crippen LogP contribution is 2.28. The topological polar surface area (TPSA) is 91.0 Å². The largest absolute Gasteiger partial charge is 0.426 e. The number of para-hydroxylation sites is 1. The Labute approximate surface area is 151 Å². The summed E-state index contributed by atoms with van der Waals surface area (Å²) in [6.45, 7) is 4.21. The van der Waals surface area contributed by atoms with E-state index in [9.17, 15) is 4.79 Å². The minimum absolute atomic E-state index is 0.145. The van der Waals surface area contributed by atoms with Crippen molar-refractivity contribution in [1.29, 1.82) is 0 Å². The van der Waals surface area contributed by atoms with Crippen LogP contribution in [0.3, 0.4) is 0 Å². The molecule has 0 amide bonds. The molecule has 7 heteroatoms. The molecule has 0 saturated carbocycles. The van der Waals surface area contributed by atoms with Gasteiger partial charge < -0.3 is 9.26 Å². The molecule has 0 aliphatic carbocycles. The van der Waals surface area contributed by atoms with Gasteiger partial charge in [0.05, 0.1) is 6.42 Å². The predicted molar refractivity (Wildman–Crippen MR) is 94.4 cm³/mol. The van der Waals surface area contributed by atoms with Gasteiger partial charge in [0.1, 0.15) is 5.75 Å². The molecule has 0 fully saturated rings. The van der Waals surface area contributed by atoms with Crippen molar-refractivity contribution >= 4 is 5.97 Å². The molecule has 0 unspecified atom stereocenters. The summed E-state index contributed by atoms with van der Waals surface area (Å²) in [6, 6.07) is 9.32. The van der Waals surface area contributed by atoms with E-state index in [2.05, 4.69) is 34.0 Å². The molecular formula is C19H20N4O3. The third-order valence-corrected chi connectivity index (χ3v) is 4.06. The number of carbonyl (C=O) groups is 1. The van der Waals surface area contributed by atoms with Crippen LogP contribution in [-0.2, 0) is 11.2 Å². The van der Waals surface area contributed by atoms with Gasteiger partial charge in [-0.25, -0.2) is 9.97 Å². The van der Waals surface area contributed by atoms with Crippen molar-refractivity contribution < 1.29 is 14.1 Å². The lowest BCUT2D eigenvalue weighted by Gasteiger charge is -2.14. The van der Waals surface area contributed by atoms with Crippen LogP contribution in [0.2, 0.25) is 0 Å². The molecule has 7 nitrogen and oxygen atoms in total. The average molecular weight is 352 g/mol. The Morgan fingerprint density at radius 3 is 2.69 bits per heavy atom. The first-order valence-corrected chi connectivity index (χ1v) is 8.57. The highest BCUT2D eigenvalue weighted by molar-refractivity contribution is 5.73. The fourth-order valence-corrected chi connectivity index (χ4v) is 2.44. The average Bonchev–Trinajstić information content (AvgIpc) is 3.16. The molecule has 134 valence electrons.